The summed E-state index contributed by atoms with van der Waals surface area (Å²) in [6.45, 7) is 4.28. The number of aromatic amines is 1. The highest BCUT2D eigenvalue weighted by atomic mass is 16.1. The third-order valence-electron chi connectivity index (χ3n) is 6.83. The maximum atomic E-state index is 12.9. The Morgan fingerprint density at radius 3 is 2.39 bits per heavy atom. The van der Waals surface area contributed by atoms with Gasteiger partial charge in [0, 0.05) is 34.9 Å². The maximum absolute atomic E-state index is 12.9. The Morgan fingerprint density at radius 2 is 1.66 bits per heavy atom. The van der Waals surface area contributed by atoms with Gasteiger partial charge in [-0.3, -0.25) is 9.78 Å². The molecule has 0 saturated heterocycles. The molecular formula is C32H39N5O. The Kier molecular flexibility index (Phi) is 10.1. The lowest BCUT2D eigenvalue weighted by atomic mass is 10.0. The molecule has 1 amide bonds. The van der Waals surface area contributed by atoms with Crippen molar-refractivity contribution in [3.05, 3.63) is 89.9 Å². The Morgan fingerprint density at radius 1 is 0.895 bits per heavy atom. The van der Waals surface area contributed by atoms with Crippen LogP contribution in [0.15, 0.2) is 73.2 Å². The van der Waals surface area contributed by atoms with Gasteiger partial charge in [0.25, 0.3) is 5.91 Å². The molecule has 2 aromatic carbocycles. The number of amides is 1. The van der Waals surface area contributed by atoms with E-state index < -0.39 is 0 Å². The molecule has 2 heterocycles. The van der Waals surface area contributed by atoms with Gasteiger partial charge in [0.05, 0.1) is 11.9 Å². The van der Waals surface area contributed by atoms with Crippen molar-refractivity contribution in [2.45, 2.75) is 71.6 Å². The largest absolute Gasteiger partial charge is 0.325 e. The van der Waals surface area contributed by atoms with Gasteiger partial charge in [-0.25, -0.2) is 4.98 Å². The van der Waals surface area contributed by atoms with Gasteiger partial charge in [-0.15, -0.1) is 0 Å². The van der Waals surface area contributed by atoms with E-state index in [0.29, 0.717) is 11.5 Å². The van der Waals surface area contributed by atoms with Crippen LogP contribution in [-0.4, -0.2) is 20.9 Å². The molecule has 0 bridgehead atoms. The Balaban J connectivity index is 1.28. The number of nitrogens with zero attached hydrogens (tertiary/aromatic N) is 2. The minimum atomic E-state index is -0.115. The van der Waals surface area contributed by atoms with E-state index >= 15 is 0 Å². The second-order valence-electron chi connectivity index (χ2n) is 9.92. The Bertz CT molecular complexity index is 1280. The van der Waals surface area contributed by atoms with Gasteiger partial charge in [0.1, 0.15) is 0 Å². The molecule has 4 aromatic rings. The molecule has 0 spiro atoms. The molecule has 0 atom stereocenters. The van der Waals surface area contributed by atoms with Crippen LogP contribution in [0.3, 0.4) is 0 Å². The normalized spacial score (nSPS) is 10.9. The number of benzene rings is 2. The van der Waals surface area contributed by atoms with Crippen molar-refractivity contribution in [1.29, 1.82) is 0 Å². The van der Waals surface area contributed by atoms with Crippen molar-refractivity contribution < 1.29 is 4.79 Å². The fourth-order valence-corrected chi connectivity index (χ4v) is 4.50. The zero-order valence-electron chi connectivity index (χ0n) is 22.6. The highest BCUT2D eigenvalue weighted by molar-refractivity contribution is 6.04. The van der Waals surface area contributed by atoms with Gasteiger partial charge in [0.15, 0.2) is 0 Å². The highest BCUT2D eigenvalue weighted by Crippen LogP contribution is 2.25. The fraction of sp³-hybridized carbons (Fsp3) is 0.344. The van der Waals surface area contributed by atoms with E-state index in [4.69, 9.17) is 0 Å². The molecular weight excluding hydrogens is 470 g/mol. The minimum Gasteiger partial charge on any atom is -0.325 e. The lowest BCUT2D eigenvalue weighted by Crippen LogP contribution is -2.12. The second-order valence-corrected chi connectivity index (χ2v) is 9.92. The number of pyridine rings is 1. The number of rotatable bonds is 14. The van der Waals surface area contributed by atoms with Crippen LogP contribution in [-0.2, 0) is 6.42 Å². The summed E-state index contributed by atoms with van der Waals surface area (Å²) in [6.07, 6.45) is 16.9. The molecule has 4 rings (SSSR count). The van der Waals surface area contributed by atoms with E-state index in [0.717, 1.165) is 34.6 Å². The molecule has 0 unspecified atom stereocenters. The number of carbonyl (C=O) groups is 1. The molecule has 0 radical (unpaired) electrons. The number of aromatic nitrogens is 3. The summed E-state index contributed by atoms with van der Waals surface area (Å²) in [7, 11) is 0. The van der Waals surface area contributed by atoms with Gasteiger partial charge in [-0.1, -0.05) is 70.1 Å². The van der Waals surface area contributed by atoms with Crippen LogP contribution >= 0.6 is 0 Å². The van der Waals surface area contributed by atoms with E-state index in [9.17, 15) is 4.79 Å². The predicted molar refractivity (Wildman–Crippen MR) is 157 cm³/mol. The number of H-pyrrole nitrogens is 1. The zero-order chi connectivity index (χ0) is 26.6. The van der Waals surface area contributed by atoms with E-state index in [-0.39, 0.29) is 5.91 Å². The van der Waals surface area contributed by atoms with Crippen molar-refractivity contribution in [1.82, 2.24) is 15.0 Å². The zero-order valence-corrected chi connectivity index (χ0v) is 22.6. The van der Waals surface area contributed by atoms with Crippen LogP contribution in [0.4, 0.5) is 17.3 Å². The smallest absolute Gasteiger partial charge is 0.255 e. The maximum Gasteiger partial charge on any atom is 0.255 e. The number of hydrogen-bond acceptors (Lipinski definition) is 4. The average molecular weight is 510 g/mol. The van der Waals surface area contributed by atoms with E-state index in [1.165, 1.54) is 56.9 Å². The second kappa shape index (κ2) is 14.1. The number of hydrogen-bond donors (Lipinski definition) is 3. The summed E-state index contributed by atoms with van der Waals surface area (Å²) in [5.41, 5.74) is 6.45. The summed E-state index contributed by atoms with van der Waals surface area (Å²) < 4.78 is 0. The SMILES string of the molecule is CCCCCCCCCCc1ccc(C(=O)Nc2ccc(C)c(Nc3ncc(-c4cccnc4)[nH]3)c2)cc1. The lowest BCUT2D eigenvalue weighted by molar-refractivity contribution is 0.102. The molecule has 0 fully saturated rings. The van der Waals surface area contributed by atoms with Crippen LogP contribution in [0.25, 0.3) is 11.3 Å². The first-order chi connectivity index (χ1) is 18.6. The molecule has 0 aliphatic rings. The van der Waals surface area contributed by atoms with Crippen molar-refractivity contribution in [3.63, 3.8) is 0 Å². The summed E-state index contributed by atoms with van der Waals surface area (Å²) >= 11 is 0. The van der Waals surface area contributed by atoms with Crippen LogP contribution in [0.2, 0.25) is 0 Å². The molecule has 2 aromatic heterocycles. The summed E-state index contributed by atoms with van der Waals surface area (Å²) in [6, 6.07) is 17.7. The van der Waals surface area contributed by atoms with Crippen molar-refractivity contribution >= 4 is 23.2 Å². The fourth-order valence-electron chi connectivity index (χ4n) is 4.50. The number of imidazole rings is 1. The molecule has 0 aliphatic carbocycles. The first-order valence-corrected chi connectivity index (χ1v) is 13.9. The molecule has 0 aliphatic heterocycles. The Hall–Kier alpha value is -3.93. The van der Waals surface area contributed by atoms with Crippen LogP contribution in [0, 0.1) is 6.92 Å². The molecule has 0 saturated carbocycles. The highest BCUT2D eigenvalue weighted by Gasteiger charge is 2.10. The van der Waals surface area contributed by atoms with Crippen molar-refractivity contribution in [2.75, 3.05) is 10.6 Å². The van der Waals surface area contributed by atoms with Gasteiger partial charge in [-0.2, -0.15) is 0 Å². The third kappa shape index (κ3) is 8.04. The topological polar surface area (TPSA) is 82.7 Å². The number of nitrogens with one attached hydrogen (secondary N) is 3. The quantitative estimate of drug-likeness (QED) is 0.149. The predicted octanol–water partition coefficient (Wildman–Crippen LogP) is 8.46. The molecule has 3 N–H and O–H groups in total. The third-order valence-corrected chi connectivity index (χ3v) is 6.83. The molecule has 6 nitrogen and oxygen atoms in total. The first kappa shape index (κ1) is 27.1. The van der Waals surface area contributed by atoms with E-state index in [1.807, 2.05) is 49.4 Å². The van der Waals surface area contributed by atoms with Crippen molar-refractivity contribution in [3.8, 4) is 11.3 Å². The van der Waals surface area contributed by atoms with Crippen LogP contribution < -0.4 is 10.6 Å². The number of carbonyl (C=O) groups excluding carboxylic acids is 1. The molecule has 198 valence electrons. The molecule has 38 heavy (non-hydrogen) atoms. The van der Waals surface area contributed by atoms with E-state index in [1.54, 1.807) is 18.6 Å². The summed E-state index contributed by atoms with van der Waals surface area (Å²) in [4.78, 5) is 24.8. The van der Waals surface area contributed by atoms with Gasteiger partial charge in [0.2, 0.25) is 5.95 Å². The Labute approximate surface area is 226 Å². The minimum absolute atomic E-state index is 0.115. The number of anilines is 3. The van der Waals surface area contributed by atoms with Crippen LogP contribution in [0.5, 0.6) is 0 Å². The van der Waals surface area contributed by atoms with E-state index in [2.05, 4.69) is 44.6 Å². The van der Waals surface area contributed by atoms with Gasteiger partial charge in [-0.05, 0) is 67.3 Å². The summed E-state index contributed by atoms with van der Waals surface area (Å²) in [5.74, 6) is 0.512. The summed E-state index contributed by atoms with van der Waals surface area (Å²) in [5, 5.41) is 6.35. The molecule has 6 heteroatoms. The number of unbranched alkanes of at least 4 members (excludes halogenated alkanes) is 7. The monoisotopic (exact) mass is 509 g/mol. The lowest BCUT2D eigenvalue weighted by Gasteiger charge is -2.11. The van der Waals surface area contributed by atoms with Crippen molar-refractivity contribution in [2.24, 2.45) is 0 Å². The average Bonchev–Trinajstić information content (AvgIpc) is 3.41. The number of aryl methyl sites for hydroxylation is 2. The first-order valence-electron chi connectivity index (χ1n) is 13.9. The van der Waals surface area contributed by atoms with Gasteiger partial charge >= 0.3 is 0 Å². The standard InChI is InChI=1S/C32H39N5O/c1-3-4-5-6-7-8-9-10-12-25-15-17-26(18-16-25)31(38)35-28-19-14-24(2)29(21-28)36-32-34-23-30(37-32)27-13-11-20-33-22-27/h11,13-23H,3-10,12H2,1-2H3,(H,35,38)(H2,34,36,37). The van der Waals surface area contributed by atoms with Gasteiger partial charge < -0.3 is 15.6 Å². The van der Waals surface area contributed by atoms with Crippen LogP contribution in [0.1, 0.15) is 79.8 Å².